The number of rotatable bonds is 12. The Morgan fingerprint density at radius 3 is 2.56 bits per heavy atom. The van der Waals surface area contributed by atoms with E-state index in [9.17, 15) is 4.79 Å². The molecule has 0 aliphatic heterocycles. The van der Waals surface area contributed by atoms with Gasteiger partial charge in [0, 0.05) is 29.4 Å². The number of alkyl halides is 1. The van der Waals surface area contributed by atoms with Gasteiger partial charge in [-0.05, 0) is 49.9 Å². The Balaban J connectivity index is 1.68. The minimum atomic E-state index is -0.0906. The van der Waals surface area contributed by atoms with E-state index in [0.29, 0.717) is 42.8 Å². The molecule has 1 fully saturated rings. The number of aryl methyl sites for hydroxylation is 2. The molecule has 1 heterocycles. The molecule has 7 nitrogen and oxygen atoms in total. The highest BCUT2D eigenvalue weighted by Crippen LogP contribution is 2.39. The molecule has 1 aliphatic carbocycles. The number of nitrogens with zero attached hydrogens (tertiary/aromatic N) is 3. The number of amides is 1. The van der Waals surface area contributed by atoms with E-state index >= 15 is 0 Å². The third-order valence-corrected chi connectivity index (χ3v) is 6.93. The van der Waals surface area contributed by atoms with Crippen LogP contribution in [-0.4, -0.2) is 46.7 Å². The van der Waals surface area contributed by atoms with Gasteiger partial charge in [-0.2, -0.15) is 5.10 Å². The Kier molecular flexibility index (Phi) is 8.56. The van der Waals surface area contributed by atoms with Gasteiger partial charge in [-0.3, -0.25) is 9.48 Å². The Bertz CT molecular complexity index is 1210. The van der Waals surface area contributed by atoms with Crippen molar-refractivity contribution in [3.05, 3.63) is 70.5 Å². The van der Waals surface area contributed by atoms with Gasteiger partial charge in [-0.15, -0.1) is 0 Å². The smallest absolute Gasteiger partial charge is 0.272 e. The van der Waals surface area contributed by atoms with E-state index in [0.717, 1.165) is 52.7 Å². The first kappa shape index (κ1) is 26.1. The lowest BCUT2D eigenvalue weighted by Gasteiger charge is -2.25. The lowest BCUT2D eigenvalue weighted by molar-refractivity contribution is 0.0716. The molecule has 1 amide bonds. The molecule has 36 heavy (non-hydrogen) atoms. The van der Waals surface area contributed by atoms with Crippen LogP contribution in [0, 0.1) is 6.92 Å². The minimum absolute atomic E-state index is 0.0906. The number of hydrogen-bond acceptors (Lipinski definition) is 5. The summed E-state index contributed by atoms with van der Waals surface area (Å²) in [6.45, 7) is 3.33. The van der Waals surface area contributed by atoms with Crippen LogP contribution in [0.15, 0.2) is 42.5 Å². The van der Waals surface area contributed by atoms with E-state index in [1.54, 1.807) is 18.9 Å². The number of hydrogen-bond donors (Lipinski definition) is 0. The van der Waals surface area contributed by atoms with Crippen LogP contribution >= 0.6 is 15.9 Å². The second kappa shape index (κ2) is 11.8. The summed E-state index contributed by atoms with van der Waals surface area (Å²) in [5.41, 5.74) is 4.48. The molecule has 1 saturated carbocycles. The van der Waals surface area contributed by atoms with Gasteiger partial charge in [0.15, 0.2) is 11.5 Å². The van der Waals surface area contributed by atoms with Crippen LogP contribution in [0.2, 0.25) is 0 Å². The summed E-state index contributed by atoms with van der Waals surface area (Å²) in [5, 5.41) is 5.49. The maximum atomic E-state index is 13.9. The number of carbonyl (C=O) groups excluding carboxylic acids is 1. The summed E-state index contributed by atoms with van der Waals surface area (Å²) in [6.07, 6.45) is 3.15. The van der Waals surface area contributed by atoms with Crippen LogP contribution < -0.4 is 14.2 Å². The van der Waals surface area contributed by atoms with Crippen molar-refractivity contribution >= 4 is 21.8 Å². The number of ether oxygens (including phenoxy) is 3. The highest BCUT2D eigenvalue weighted by Gasteiger charge is 2.30. The monoisotopic (exact) mass is 555 g/mol. The molecule has 4 rings (SSSR count). The van der Waals surface area contributed by atoms with E-state index < -0.39 is 0 Å². The largest absolute Gasteiger partial charge is 0.496 e. The zero-order valence-corrected chi connectivity index (χ0v) is 23.0. The summed E-state index contributed by atoms with van der Waals surface area (Å²) in [7, 11) is 5.13. The first-order valence-electron chi connectivity index (χ1n) is 12.3. The van der Waals surface area contributed by atoms with Crippen molar-refractivity contribution in [1.29, 1.82) is 0 Å². The topological polar surface area (TPSA) is 65.8 Å². The normalized spacial score (nSPS) is 12.9. The highest BCUT2D eigenvalue weighted by atomic mass is 79.9. The van der Waals surface area contributed by atoms with Crippen molar-refractivity contribution in [3.63, 3.8) is 0 Å². The molecule has 3 aromatic rings. The lowest BCUT2D eigenvalue weighted by Crippen LogP contribution is -2.32. The number of benzene rings is 2. The van der Waals surface area contributed by atoms with E-state index in [1.165, 1.54) is 0 Å². The molecule has 1 aliphatic rings. The van der Waals surface area contributed by atoms with Crippen LogP contribution in [0.1, 0.15) is 58.1 Å². The third-order valence-electron chi connectivity index (χ3n) is 6.37. The molecular formula is C28H34BrN3O4. The zero-order valence-electron chi connectivity index (χ0n) is 21.4. The maximum Gasteiger partial charge on any atom is 0.272 e. The minimum Gasteiger partial charge on any atom is -0.496 e. The molecule has 0 atom stereocenters. The second-order valence-corrected chi connectivity index (χ2v) is 9.96. The van der Waals surface area contributed by atoms with Crippen molar-refractivity contribution in [2.24, 2.45) is 7.05 Å². The first-order chi connectivity index (χ1) is 17.4. The fourth-order valence-electron chi connectivity index (χ4n) is 4.29. The van der Waals surface area contributed by atoms with Crippen molar-refractivity contribution in [2.45, 2.75) is 45.2 Å². The Morgan fingerprint density at radius 1 is 1.08 bits per heavy atom. The van der Waals surface area contributed by atoms with Gasteiger partial charge in [0.2, 0.25) is 0 Å². The molecule has 192 valence electrons. The summed E-state index contributed by atoms with van der Waals surface area (Å²) in [4.78, 5) is 15.8. The van der Waals surface area contributed by atoms with Gasteiger partial charge in [0.25, 0.3) is 5.91 Å². The molecule has 0 spiro atoms. The fourth-order valence-corrected chi connectivity index (χ4v) is 4.52. The molecular weight excluding hydrogens is 522 g/mol. The van der Waals surface area contributed by atoms with E-state index in [2.05, 4.69) is 21.0 Å². The van der Waals surface area contributed by atoms with Gasteiger partial charge in [0.1, 0.15) is 11.4 Å². The standard InChI is InChI=1S/C28H34BrN3O4/c1-19-9-10-21(26(15-19)34-3)17-32(28(33)24-16-23(20-11-12-20)30-31(24)2)18-22-7-5-8-25(27(22)35-4)36-14-6-13-29/h5,7-10,15-16,20H,6,11-14,17-18H2,1-4H3. The first-order valence-corrected chi connectivity index (χ1v) is 13.4. The Hall–Kier alpha value is -3.00. The molecule has 0 unspecified atom stereocenters. The average molecular weight is 557 g/mol. The SMILES string of the molecule is COc1cc(C)ccc1CN(Cc1cccc(OCCCBr)c1OC)C(=O)c1cc(C2CC2)nn1C. The summed E-state index contributed by atoms with van der Waals surface area (Å²) in [5.74, 6) is 2.46. The molecule has 0 bridgehead atoms. The van der Waals surface area contributed by atoms with E-state index in [4.69, 9.17) is 14.2 Å². The maximum absolute atomic E-state index is 13.9. The molecule has 0 saturated heterocycles. The Morgan fingerprint density at radius 2 is 1.86 bits per heavy atom. The molecule has 0 radical (unpaired) electrons. The van der Waals surface area contributed by atoms with Gasteiger partial charge in [-0.25, -0.2) is 0 Å². The predicted octanol–water partition coefficient (Wildman–Crippen LogP) is 5.63. The highest BCUT2D eigenvalue weighted by molar-refractivity contribution is 9.09. The van der Waals surface area contributed by atoms with Crippen molar-refractivity contribution < 1.29 is 19.0 Å². The summed E-state index contributed by atoms with van der Waals surface area (Å²) in [6, 6.07) is 13.8. The van der Waals surface area contributed by atoms with Crippen LogP contribution in [0.25, 0.3) is 0 Å². The number of aromatic nitrogens is 2. The zero-order chi connectivity index (χ0) is 25.7. The number of para-hydroxylation sites is 1. The van der Waals surface area contributed by atoms with E-state index in [1.807, 2.05) is 61.3 Å². The second-order valence-electron chi connectivity index (χ2n) is 9.17. The number of methoxy groups -OCH3 is 2. The molecule has 8 heteroatoms. The van der Waals surface area contributed by atoms with Gasteiger partial charge in [0.05, 0.1) is 39.6 Å². The van der Waals surface area contributed by atoms with Crippen LogP contribution in [-0.2, 0) is 20.1 Å². The van der Waals surface area contributed by atoms with Gasteiger partial charge >= 0.3 is 0 Å². The fraction of sp³-hybridized carbons (Fsp3) is 0.429. The summed E-state index contributed by atoms with van der Waals surface area (Å²) >= 11 is 3.44. The van der Waals surface area contributed by atoms with Crippen LogP contribution in [0.4, 0.5) is 0 Å². The molecule has 0 N–H and O–H groups in total. The van der Waals surface area contributed by atoms with Gasteiger partial charge < -0.3 is 19.1 Å². The third kappa shape index (κ3) is 6.03. The quantitative estimate of drug-likeness (QED) is 0.214. The number of halogens is 1. The molecule has 2 aromatic carbocycles. The van der Waals surface area contributed by atoms with Crippen molar-refractivity contribution in [3.8, 4) is 17.2 Å². The Labute approximate surface area is 221 Å². The average Bonchev–Trinajstić information content (AvgIpc) is 3.66. The van der Waals surface area contributed by atoms with Crippen molar-refractivity contribution in [1.82, 2.24) is 14.7 Å². The van der Waals surface area contributed by atoms with Crippen molar-refractivity contribution in [2.75, 3.05) is 26.2 Å². The summed E-state index contributed by atoms with van der Waals surface area (Å²) < 4.78 is 19.1. The number of carbonyl (C=O) groups is 1. The molecule has 1 aromatic heterocycles. The van der Waals surface area contributed by atoms with Crippen LogP contribution in [0.3, 0.4) is 0 Å². The van der Waals surface area contributed by atoms with Gasteiger partial charge in [-0.1, -0.05) is 40.2 Å². The van der Waals surface area contributed by atoms with Crippen LogP contribution in [0.5, 0.6) is 17.2 Å². The predicted molar refractivity (Wildman–Crippen MR) is 143 cm³/mol. The lowest BCUT2D eigenvalue weighted by atomic mass is 10.1. The van der Waals surface area contributed by atoms with E-state index in [-0.39, 0.29) is 5.91 Å².